The molecule has 0 unspecified atom stereocenters. The summed E-state index contributed by atoms with van der Waals surface area (Å²) in [7, 11) is 0. The van der Waals surface area contributed by atoms with E-state index in [0.29, 0.717) is 27.9 Å². The van der Waals surface area contributed by atoms with Crippen LogP contribution in [-0.4, -0.2) is 23.7 Å². The van der Waals surface area contributed by atoms with Crippen LogP contribution in [0.4, 0.5) is 5.69 Å². The van der Waals surface area contributed by atoms with Crippen LogP contribution in [0.1, 0.15) is 5.76 Å². The van der Waals surface area contributed by atoms with Gasteiger partial charge in [-0.3, -0.25) is 14.9 Å². The number of para-hydroxylation sites is 1. The van der Waals surface area contributed by atoms with Crippen LogP contribution in [0.3, 0.4) is 0 Å². The molecule has 0 bridgehead atoms. The highest BCUT2D eigenvalue weighted by molar-refractivity contribution is 6.33. The van der Waals surface area contributed by atoms with Crippen LogP contribution in [0.2, 0.25) is 10.0 Å². The predicted molar refractivity (Wildman–Crippen MR) is 108 cm³/mol. The first-order valence-electron chi connectivity index (χ1n) is 8.17. The molecule has 0 aliphatic carbocycles. The third-order valence-corrected chi connectivity index (χ3v) is 4.26. The molecule has 148 valence electrons. The average Bonchev–Trinajstić information content (AvgIpc) is 3.15. The maximum Gasteiger partial charge on any atom is 0.277 e. The van der Waals surface area contributed by atoms with E-state index in [1.54, 1.807) is 36.4 Å². The first kappa shape index (κ1) is 20.4. The lowest BCUT2D eigenvalue weighted by molar-refractivity contribution is -0.384. The molecular weight excluding hydrogens is 421 g/mol. The van der Waals surface area contributed by atoms with Crippen molar-refractivity contribution in [1.29, 1.82) is 0 Å². The van der Waals surface area contributed by atoms with Crippen molar-refractivity contribution in [3.8, 4) is 17.1 Å². The third kappa shape index (κ3) is 5.34. The lowest BCUT2D eigenvalue weighted by atomic mass is 10.1. The summed E-state index contributed by atoms with van der Waals surface area (Å²) in [4.78, 5) is 22.0. The molecule has 29 heavy (non-hydrogen) atoms. The zero-order valence-corrected chi connectivity index (χ0v) is 16.2. The van der Waals surface area contributed by atoms with E-state index in [9.17, 15) is 14.9 Å². The number of non-ortho nitro benzene ring substituents is 1. The molecule has 3 rings (SSSR count). The Hall–Kier alpha value is -3.36. The second-order valence-corrected chi connectivity index (χ2v) is 6.45. The lowest BCUT2D eigenvalue weighted by Gasteiger charge is -2.06. The summed E-state index contributed by atoms with van der Waals surface area (Å²) in [6, 6.07) is 14.1. The summed E-state index contributed by atoms with van der Waals surface area (Å²) < 4.78 is 10.9. The molecule has 1 N–H and O–H groups in total. The monoisotopic (exact) mass is 433 g/mol. The number of nitro groups is 1. The number of hydrogen-bond donors (Lipinski definition) is 1. The summed E-state index contributed by atoms with van der Waals surface area (Å²) >= 11 is 12.0. The zero-order chi connectivity index (χ0) is 20.8. The lowest BCUT2D eigenvalue weighted by Crippen LogP contribution is -2.24. The van der Waals surface area contributed by atoms with E-state index in [2.05, 4.69) is 10.5 Å². The van der Waals surface area contributed by atoms with E-state index in [0.717, 1.165) is 0 Å². The van der Waals surface area contributed by atoms with Crippen molar-refractivity contribution in [2.45, 2.75) is 0 Å². The molecule has 0 fully saturated rings. The molecule has 0 saturated carbocycles. The summed E-state index contributed by atoms with van der Waals surface area (Å²) in [6.45, 7) is -0.261. The van der Waals surface area contributed by atoms with Crippen LogP contribution >= 0.6 is 23.2 Å². The van der Waals surface area contributed by atoms with E-state index in [-0.39, 0.29) is 17.3 Å². The topological polar surface area (TPSA) is 107 Å². The molecule has 0 atom stereocenters. The maximum atomic E-state index is 11.8. The van der Waals surface area contributed by atoms with Gasteiger partial charge in [-0.1, -0.05) is 35.3 Å². The molecular formula is C19H13Cl2N3O5. The van der Waals surface area contributed by atoms with Gasteiger partial charge in [-0.25, -0.2) is 5.43 Å². The third-order valence-electron chi connectivity index (χ3n) is 3.63. The fourth-order valence-corrected chi connectivity index (χ4v) is 2.75. The Labute approximate surface area is 174 Å². The van der Waals surface area contributed by atoms with Crippen LogP contribution in [0.15, 0.2) is 64.1 Å². The van der Waals surface area contributed by atoms with Crippen molar-refractivity contribution >= 4 is 41.0 Å². The number of ether oxygens (including phenoxy) is 1. The van der Waals surface area contributed by atoms with E-state index in [1.807, 2.05) is 0 Å². The highest BCUT2D eigenvalue weighted by Crippen LogP contribution is 2.32. The first-order chi connectivity index (χ1) is 13.9. The van der Waals surface area contributed by atoms with Crippen molar-refractivity contribution in [2.24, 2.45) is 5.10 Å². The Bertz CT molecular complexity index is 1080. The summed E-state index contributed by atoms with van der Waals surface area (Å²) in [5, 5.41) is 15.1. The molecule has 0 aliphatic rings. The van der Waals surface area contributed by atoms with Gasteiger partial charge in [-0.05, 0) is 30.3 Å². The highest BCUT2D eigenvalue weighted by atomic mass is 35.5. The minimum absolute atomic E-state index is 0.117. The van der Waals surface area contributed by atoms with Gasteiger partial charge in [0.05, 0.1) is 21.2 Å². The fourth-order valence-electron chi connectivity index (χ4n) is 2.29. The smallest absolute Gasteiger partial charge is 0.277 e. The van der Waals surface area contributed by atoms with Crippen LogP contribution in [0, 0.1) is 10.1 Å². The van der Waals surface area contributed by atoms with Gasteiger partial charge >= 0.3 is 0 Å². The van der Waals surface area contributed by atoms with Gasteiger partial charge in [0.2, 0.25) is 0 Å². The second-order valence-electron chi connectivity index (χ2n) is 5.64. The van der Waals surface area contributed by atoms with Crippen molar-refractivity contribution < 1.29 is 18.9 Å². The number of nitrogens with zero attached hydrogens (tertiary/aromatic N) is 2. The minimum atomic E-state index is -0.534. The van der Waals surface area contributed by atoms with E-state index in [1.165, 1.54) is 24.4 Å². The van der Waals surface area contributed by atoms with Gasteiger partial charge in [-0.15, -0.1) is 0 Å². The second kappa shape index (κ2) is 9.22. The minimum Gasteiger partial charge on any atom is -0.482 e. The number of nitrogens with one attached hydrogen (secondary N) is 1. The highest BCUT2D eigenvalue weighted by Gasteiger charge is 2.13. The number of rotatable bonds is 7. The zero-order valence-electron chi connectivity index (χ0n) is 14.7. The molecule has 2 aromatic carbocycles. The van der Waals surface area contributed by atoms with Gasteiger partial charge in [0.15, 0.2) is 6.61 Å². The summed E-state index contributed by atoms with van der Waals surface area (Å²) in [5.74, 6) is 0.664. The van der Waals surface area contributed by atoms with Crippen LogP contribution in [0.25, 0.3) is 11.3 Å². The molecule has 0 spiro atoms. The van der Waals surface area contributed by atoms with E-state index < -0.39 is 10.8 Å². The van der Waals surface area contributed by atoms with Gasteiger partial charge < -0.3 is 9.15 Å². The quantitative estimate of drug-likeness (QED) is 0.330. The summed E-state index contributed by atoms with van der Waals surface area (Å²) in [6.07, 6.45) is 1.30. The molecule has 0 saturated heterocycles. The van der Waals surface area contributed by atoms with Crippen molar-refractivity contribution in [1.82, 2.24) is 5.43 Å². The average molecular weight is 434 g/mol. The van der Waals surface area contributed by atoms with Crippen LogP contribution in [-0.2, 0) is 4.79 Å². The fraction of sp³-hybridized carbons (Fsp3) is 0.0526. The molecule has 1 aromatic heterocycles. The van der Waals surface area contributed by atoms with Gasteiger partial charge in [0.25, 0.3) is 11.6 Å². The molecule has 3 aromatic rings. The Kier molecular flexibility index (Phi) is 6.48. The Morgan fingerprint density at radius 2 is 1.97 bits per heavy atom. The molecule has 0 radical (unpaired) electrons. The van der Waals surface area contributed by atoms with Gasteiger partial charge in [0.1, 0.15) is 17.3 Å². The number of hydrogen-bond acceptors (Lipinski definition) is 6. The van der Waals surface area contributed by atoms with Crippen LogP contribution in [0.5, 0.6) is 5.75 Å². The Balaban J connectivity index is 1.57. The Morgan fingerprint density at radius 1 is 1.17 bits per heavy atom. The largest absolute Gasteiger partial charge is 0.482 e. The van der Waals surface area contributed by atoms with Crippen molar-refractivity contribution in [3.05, 3.63) is 80.5 Å². The number of hydrazone groups is 1. The number of halogens is 2. The maximum absolute atomic E-state index is 11.8. The number of furan rings is 1. The number of benzene rings is 2. The molecule has 8 nitrogen and oxygen atoms in total. The van der Waals surface area contributed by atoms with Gasteiger partial charge in [0, 0.05) is 17.7 Å². The predicted octanol–water partition coefficient (Wildman–Crippen LogP) is 4.69. The summed E-state index contributed by atoms with van der Waals surface area (Å²) in [5.41, 5.74) is 2.68. The molecule has 1 heterocycles. The molecule has 0 aliphatic heterocycles. The first-order valence-corrected chi connectivity index (χ1v) is 8.93. The normalized spacial score (nSPS) is 10.8. The standard InChI is InChI=1S/C19H13Cl2N3O5/c20-15-3-1-2-4-18(15)28-11-19(25)23-22-10-13-6-8-17(29-13)14-7-5-12(24(26)27)9-16(14)21/h1-10H,11H2,(H,23,25)/b22-10-. The van der Waals surface area contributed by atoms with E-state index >= 15 is 0 Å². The van der Waals surface area contributed by atoms with Gasteiger partial charge in [-0.2, -0.15) is 5.10 Å². The number of carbonyl (C=O) groups excluding carboxylic acids is 1. The Morgan fingerprint density at radius 3 is 2.69 bits per heavy atom. The number of nitro benzene ring substituents is 1. The SMILES string of the molecule is O=C(COc1ccccc1Cl)N/N=C\c1ccc(-c2ccc([N+](=O)[O-])cc2Cl)o1. The number of amides is 1. The molecule has 1 amide bonds. The molecule has 10 heteroatoms. The van der Waals surface area contributed by atoms with Crippen LogP contribution < -0.4 is 10.2 Å². The van der Waals surface area contributed by atoms with E-state index in [4.69, 9.17) is 32.4 Å². The number of carbonyl (C=O) groups is 1. The van der Waals surface area contributed by atoms with Crippen molar-refractivity contribution in [2.75, 3.05) is 6.61 Å². The van der Waals surface area contributed by atoms with Crippen molar-refractivity contribution in [3.63, 3.8) is 0 Å².